The highest BCUT2D eigenvalue weighted by atomic mass is 35.5. The summed E-state index contributed by atoms with van der Waals surface area (Å²) in [6.07, 6.45) is 1.64. The van der Waals surface area contributed by atoms with E-state index in [4.69, 9.17) is 16.3 Å². The van der Waals surface area contributed by atoms with Gasteiger partial charge in [0.25, 0.3) is 5.91 Å². The SMILES string of the molecule is CN(CCOc1ccccc1)C(=O)c1ccnc2ccc(Cl)cc12. The van der Waals surface area contributed by atoms with Crippen molar-refractivity contribution >= 4 is 28.4 Å². The standard InChI is InChI=1S/C19H17ClN2O2/c1-22(11-12-24-15-5-3-2-4-6-15)19(23)16-9-10-21-18-8-7-14(20)13-17(16)18/h2-10,13H,11-12H2,1H3. The number of hydrogen-bond acceptors (Lipinski definition) is 3. The number of nitrogens with zero attached hydrogens (tertiary/aromatic N) is 2. The van der Waals surface area contributed by atoms with Crippen molar-refractivity contribution in [1.82, 2.24) is 9.88 Å². The first-order valence-corrected chi connectivity index (χ1v) is 8.00. The van der Waals surface area contributed by atoms with E-state index in [1.807, 2.05) is 36.4 Å². The Hall–Kier alpha value is -2.59. The number of para-hydroxylation sites is 1. The van der Waals surface area contributed by atoms with Crippen molar-refractivity contribution in [3.63, 3.8) is 0 Å². The van der Waals surface area contributed by atoms with Crippen molar-refractivity contribution in [1.29, 1.82) is 0 Å². The maximum absolute atomic E-state index is 12.7. The van der Waals surface area contributed by atoms with E-state index < -0.39 is 0 Å². The lowest BCUT2D eigenvalue weighted by Crippen LogP contribution is -2.31. The van der Waals surface area contributed by atoms with Gasteiger partial charge in [0.2, 0.25) is 0 Å². The molecule has 0 atom stereocenters. The molecule has 1 amide bonds. The van der Waals surface area contributed by atoms with Crippen molar-refractivity contribution < 1.29 is 9.53 Å². The third kappa shape index (κ3) is 3.66. The van der Waals surface area contributed by atoms with Crippen LogP contribution in [0.1, 0.15) is 10.4 Å². The summed E-state index contributed by atoms with van der Waals surface area (Å²) in [6, 6.07) is 16.6. The Morgan fingerprint density at radius 2 is 1.96 bits per heavy atom. The summed E-state index contributed by atoms with van der Waals surface area (Å²) in [6.45, 7) is 0.911. The van der Waals surface area contributed by atoms with Crippen LogP contribution < -0.4 is 4.74 Å². The molecule has 4 nitrogen and oxygen atoms in total. The van der Waals surface area contributed by atoms with Crippen LogP contribution in [0.25, 0.3) is 10.9 Å². The number of aromatic nitrogens is 1. The van der Waals surface area contributed by atoms with Gasteiger partial charge in [-0.3, -0.25) is 9.78 Å². The van der Waals surface area contributed by atoms with Gasteiger partial charge >= 0.3 is 0 Å². The number of pyridine rings is 1. The van der Waals surface area contributed by atoms with Crippen LogP contribution in [-0.2, 0) is 0 Å². The van der Waals surface area contributed by atoms with E-state index in [-0.39, 0.29) is 5.91 Å². The number of rotatable bonds is 5. The number of halogens is 1. The van der Waals surface area contributed by atoms with Gasteiger partial charge in [0.05, 0.1) is 17.6 Å². The van der Waals surface area contributed by atoms with Crippen molar-refractivity contribution in [2.45, 2.75) is 0 Å². The van der Waals surface area contributed by atoms with Gasteiger partial charge in [0.15, 0.2) is 0 Å². The molecule has 0 unspecified atom stereocenters. The number of amides is 1. The number of carbonyl (C=O) groups is 1. The molecule has 1 heterocycles. The second kappa shape index (κ2) is 7.32. The number of ether oxygens (including phenoxy) is 1. The van der Waals surface area contributed by atoms with Gasteiger partial charge in [0.1, 0.15) is 12.4 Å². The monoisotopic (exact) mass is 340 g/mol. The van der Waals surface area contributed by atoms with E-state index >= 15 is 0 Å². The molecule has 0 aliphatic heterocycles. The second-order valence-electron chi connectivity index (χ2n) is 5.41. The minimum Gasteiger partial charge on any atom is -0.492 e. The summed E-state index contributed by atoms with van der Waals surface area (Å²) in [5.74, 6) is 0.709. The van der Waals surface area contributed by atoms with Crippen LogP contribution in [-0.4, -0.2) is 36.0 Å². The quantitative estimate of drug-likeness (QED) is 0.704. The van der Waals surface area contributed by atoms with Crippen molar-refractivity contribution in [3.8, 4) is 5.75 Å². The molecule has 122 valence electrons. The zero-order valence-corrected chi connectivity index (χ0v) is 14.0. The average Bonchev–Trinajstić information content (AvgIpc) is 2.61. The smallest absolute Gasteiger partial charge is 0.254 e. The molecule has 0 N–H and O–H groups in total. The summed E-state index contributed by atoms with van der Waals surface area (Å²) >= 11 is 6.05. The molecule has 0 bridgehead atoms. The van der Waals surface area contributed by atoms with E-state index in [9.17, 15) is 4.79 Å². The number of hydrogen-bond donors (Lipinski definition) is 0. The fourth-order valence-electron chi connectivity index (χ4n) is 2.43. The zero-order valence-electron chi connectivity index (χ0n) is 13.3. The molecule has 3 aromatic rings. The maximum Gasteiger partial charge on any atom is 0.254 e. The molecule has 0 spiro atoms. The van der Waals surface area contributed by atoms with Gasteiger partial charge in [-0.2, -0.15) is 0 Å². The maximum atomic E-state index is 12.7. The summed E-state index contributed by atoms with van der Waals surface area (Å²) in [5, 5.41) is 1.34. The molecule has 0 saturated carbocycles. The Bertz CT molecular complexity index is 852. The third-order valence-electron chi connectivity index (χ3n) is 3.72. The van der Waals surface area contributed by atoms with E-state index in [2.05, 4.69) is 4.98 Å². The van der Waals surface area contributed by atoms with E-state index in [1.54, 1.807) is 36.3 Å². The average molecular weight is 341 g/mol. The van der Waals surface area contributed by atoms with Gasteiger partial charge < -0.3 is 9.64 Å². The van der Waals surface area contributed by atoms with Crippen LogP contribution in [0, 0.1) is 0 Å². The highest BCUT2D eigenvalue weighted by molar-refractivity contribution is 6.31. The molecule has 3 rings (SSSR count). The van der Waals surface area contributed by atoms with Crippen LogP contribution >= 0.6 is 11.6 Å². The van der Waals surface area contributed by atoms with Crippen molar-refractivity contribution in [3.05, 3.63) is 71.4 Å². The van der Waals surface area contributed by atoms with E-state index in [1.165, 1.54) is 0 Å². The summed E-state index contributed by atoms with van der Waals surface area (Å²) in [5.41, 5.74) is 1.34. The molecule has 0 radical (unpaired) electrons. The van der Waals surface area contributed by atoms with Gasteiger partial charge in [-0.05, 0) is 36.4 Å². The van der Waals surface area contributed by atoms with Gasteiger partial charge in [0, 0.05) is 23.7 Å². The molecule has 24 heavy (non-hydrogen) atoms. The Balaban J connectivity index is 1.70. The largest absolute Gasteiger partial charge is 0.492 e. The van der Waals surface area contributed by atoms with Crippen LogP contribution in [0.2, 0.25) is 5.02 Å². The lowest BCUT2D eigenvalue weighted by molar-refractivity contribution is 0.0775. The fraction of sp³-hybridized carbons (Fsp3) is 0.158. The predicted molar refractivity (Wildman–Crippen MR) is 95.7 cm³/mol. The highest BCUT2D eigenvalue weighted by Crippen LogP contribution is 2.22. The van der Waals surface area contributed by atoms with Crippen molar-refractivity contribution in [2.75, 3.05) is 20.2 Å². The predicted octanol–water partition coefficient (Wildman–Crippen LogP) is 4.04. The molecular formula is C19H17ClN2O2. The molecular weight excluding hydrogens is 324 g/mol. The first-order valence-electron chi connectivity index (χ1n) is 7.63. The normalized spacial score (nSPS) is 10.6. The van der Waals surface area contributed by atoms with Gasteiger partial charge in [-0.1, -0.05) is 29.8 Å². The molecule has 0 aliphatic carbocycles. The Labute approximate surface area is 145 Å². The first-order chi connectivity index (χ1) is 11.6. The number of fused-ring (bicyclic) bond motifs is 1. The summed E-state index contributed by atoms with van der Waals surface area (Å²) in [4.78, 5) is 18.6. The van der Waals surface area contributed by atoms with Gasteiger partial charge in [-0.25, -0.2) is 0 Å². The molecule has 1 aromatic heterocycles. The van der Waals surface area contributed by atoms with Gasteiger partial charge in [-0.15, -0.1) is 0 Å². The topological polar surface area (TPSA) is 42.4 Å². The zero-order chi connectivity index (χ0) is 16.9. The molecule has 5 heteroatoms. The minimum absolute atomic E-state index is 0.0821. The van der Waals surface area contributed by atoms with Crippen LogP contribution in [0.3, 0.4) is 0 Å². The van der Waals surface area contributed by atoms with Crippen LogP contribution in [0.4, 0.5) is 0 Å². The summed E-state index contributed by atoms with van der Waals surface area (Å²) < 4.78 is 5.64. The molecule has 0 saturated heterocycles. The number of benzene rings is 2. The van der Waals surface area contributed by atoms with Crippen LogP contribution in [0.5, 0.6) is 5.75 Å². The Morgan fingerprint density at radius 1 is 1.17 bits per heavy atom. The van der Waals surface area contributed by atoms with E-state index in [0.29, 0.717) is 23.7 Å². The van der Waals surface area contributed by atoms with Crippen LogP contribution in [0.15, 0.2) is 60.8 Å². The van der Waals surface area contributed by atoms with Crippen molar-refractivity contribution in [2.24, 2.45) is 0 Å². The molecule has 2 aromatic carbocycles. The highest BCUT2D eigenvalue weighted by Gasteiger charge is 2.15. The van der Waals surface area contributed by atoms with E-state index in [0.717, 1.165) is 16.7 Å². The lowest BCUT2D eigenvalue weighted by Gasteiger charge is -2.18. The fourth-order valence-corrected chi connectivity index (χ4v) is 2.60. The second-order valence-corrected chi connectivity index (χ2v) is 5.84. The Kier molecular flexibility index (Phi) is 4.96. The molecule has 0 fully saturated rings. The first kappa shape index (κ1) is 16.3. The minimum atomic E-state index is -0.0821. The summed E-state index contributed by atoms with van der Waals surface area (Å²) in [7, 11) is 1.76. The third-order valence-corrected chi connectivity index (χ3v) is 3.95. The molecule has 0 aliphatic rings. The Morgan fingerprint density at radius 3 is 2.75 bits per heavy atom. The number of carbonyl (C=O) groups excluding carboxylic acids is 1. The lowest BCUT2D eigenvalue weighted by atomic mass is 10.1. The number of likely N-dealkylation sites (N-methyl/N-ethyl adjacent to an activating group) is 1.